The van der Waals surface area contributed by atoms with E-state index < -0.39 is 9.84 Å². The average Bonchev–Trinajstić information content (AvgIpc) is 3.09. The Labute approximate surface area is 152 Å². The second kappa shape index (κ2) is 7.00. The Balaban J connectivity index is 1.96. The molecule has 124 valence electrons. The summed E-state index contributed by atoms with van der Waals surface area (Å²) in [7, 11) is -2.12. The average molecular weight is 425 g/mol. The van der Waals surface area contributed by atoms with Crippen LogP contribution in [0.4, 0.5) is 0 Å². The molecule has 0 amide bonds. The first-order valence-electron chi connectivity index (χ1n) is 6.89. The van der Waals surface area contributed by atoms with E-state index in [2.05, 4.69) is 25.9 Å². The summed E-state index contributed by atoms with van der Waals surface area (Å²) >= 11 is 4.78. The molecule has 0 aliphatic carbocycles. The van der Waals surface area contributed by atoms with E-state index in [4.69, 9.17) is 4.74 Å². The van der Waals surface area contributed by atoms with E-state index in [1.165, 1.54) is 18.4 Å². The molecule has 1 aromatic carbocycles. The summed E-state index contributed by atoms with van der Waals surface area (Å²) in [6.07, 6.45) is 4.99. The maximum atomic E-state index is 12.8. The second-order valence-corrected chi connectivity index (χ2v) is 8.76. The van der Waals surface area contributed by atoms with Crippen molar-refractivity contribution in [1.82, 2.24) is 9.97 Å². The van der Waals surface area contributed by atoms with Crippen LogP contribution in [0.25, 0.3) is 10.4 Å². The zero-order valence-corrected chi connectivity index (χ0v) is 15.9. The minimum atomic E-state index is -3.57. The van der Waals surface area contributed by atoms with Crippen LogP contribution in [0, 0.1) is 0 Å². The van der Waals surface area contributed by atoms with E-state index >= 15 is 0 Å². The molecule has 3 aromatic rings. The number of halogens is 1. The van der Waals surface area contributed by atoms with E-state index in [0.29, 0.717) is 15.8 Å². The van der Waals surface area contributed by atoms with Gasteiger partial charge in [-0.05, 0) is 29.8 Å². The number of methoxy groups -OCH3 is 1. The van der Waals surface area contributed by atoms with Crippen molar-refractivity contribution in [3.8, 4) is 16.2 Å². The lowest BCUT2D eigenvalue weighted by atomic mass is 10.2. The van der Waals surface area contributed by atoms with Gasteiger partial charge in [0.1, 0.15) is 10.6 Å². The molecule has 0 radical (unpaired) electrons. The van der Waals surface area contributed by atoms with Gasteiger partial charge in [-0.15, -0.1) is 11.3 Å². The first-order chi connectivity index (χ1) is 11.5. The Morgan fingerprint density at radius 2 is 2.00 bits per heavy atom. The van der Waals surface area contributed by atoms with Gasteiger partial charge in [-0.25, -0.2) is 8.42 Å². The van der Waals surface area contributed by atoms with Crippen LogP contribution in [0.1, 0.15) is 5.56 Å². The molecule has 0 saturated carbocycles. The molecule has 0 fully saturated rings. The van der Waals surface area contributed by atoms with Gasteiger partial charge in [0.25, 0.3) is 0 Å². The lowest BCUT2D eigenvalue weighted by Gasteiger charge is -2.10. The molecular formula is C16H13BrN2O3S2. The van der Waals surface area contributed by atoms with E-state index in [0.717, 1.165) is 10.4 Å². The minimum Gasteiger partial charge on any atom is -0.495 e. The fourth-order valence-electron chi connectivity index (χ4n) is 2.25. The van der Waals surface area contributed by atoms with Crippen molar-refractivity contribution in [1.29, 1.82) is 0 Å². The van der Waals surface area contributed by atoms with Gasteiger partial charge in [0.15, 0.2) is 9.84 Å². The van der Waals surface area contributed by atoms with E-state index in [9.17, 15) is 8.42 Å². The maximum absolute atomic E-state index is 12.8. The number of pyridine rings is 1. The maximum Gasteiger partial charge on any atom is 0.186 e. The molecule has 8 heteroatoms. The third-order valence-electron chi connectivity index (χ3n) is 3.33. The molecule has 0 bridgehead atoms. The highest BCUT2D eigenvalue weighted by Crippen LogP contribution is 2.30. The Morgan fingerprint density at radius 1 is 1.17 bits per heavy atom. The zero-order valence-electron chi connectivity index (χ0n) is 12.6. The van der Waals surface area contributed by atoms with Crippen LogP contribution in [0.15, 0.2) is 57.7 Å². The van der Waals surface area contributed by atoms with Gasteiger partial charge in [0.05, 0.1) is 23.3 Å². The van der Waals surface area contributed by atoms with E-state index in [1.54, 1.807) is 42.3 Å². The molecule has 0 aliphatic rings. The highest BCUT2D eigenvalue weighted by atomic mass is 79.9. The van der Waals surface area contributed by atoms with Gasteiger partial charge in [0, 0.05) is 28.6 Å². The molecule has 0 N–H and O–H groups in total. The number of aromatic nitrogens is 2. The highest BCUT2D eigenvalue weighted by Gasteiger charge is 2.21. The second-order valence-electron chi connectivity index (χ2n) is 5.00. The Kier molecular flexibility index (Phi) is 4.98. The van der Waals surface area contributed by atoms with Gasteiger partial charge in [-0.1, -0.05) is 15.9 Å². The van der Waals surface area contributed by atoms with Crippen LogP contribution >= 0.6 is 27.3 Å². The van der Waals surface area contributed by atoms with Crippen LogP contribution in [-0.4, -0.2) is 25.5 Å². The molecule has 0 unspecified atom stereocenters. The predicted octanol–water partition coefficient (Wildman–Crippen LogP) is 3.95. The van der Waals surface area contributed by atoms with Crippen molar-refractivity contribution >= 4 is 37.1 Å². The van der Waals surface area contributed by atoms with Crippen molar-refractivity contribution in [2.75, 3.05) is 7.11 Å². The summed E-state index contributed by atoms with van der Waals surface area (Å²) in [6, 6.07) is 6.74. The topological polar surface area (TPSA) is 69.2 Å². The lowest BCUT2D eigenvalue weighted by molar-refractivity contribution is 0.402. The Hall–Kier alpha value is -1.77. The minimum absolute atomic E-state index is 0.153. The van der Waals surface area contributed by atoms with Crippen molar-refractivity contribution in [2.24, 2.45) is 0 Å². The summed E-state index contributed by atoms with van der Waals surface area (Å²) in [6.45, 7) is 0. The van der Waals surface area contributed by atoms with Gasteiger partial charge in [0.2, 0.25) is 0 Å². The van der Waals surface area contributed by atoms with Gasteiger partial charge in [-0.2, -0.15) is 0 Å². The highest BCUT2D eigenvalue weighted by molar-refractivity contribution is 9.10. The molecule has 24 heavy (non-hydrogen) atoms. The van der Waals surface area contributed by atoms with Crippen LogP contribution < -0.4 is 4.74 Å². The standard InChI is InChI=1S/C16H13BrN2O3S2/c1-22-14-3-2-13(17)5-16(14)24(20,21)9-11-4-12(7-18-6-11)15-8-19-10-23-15/h2-8,10H,9H2,1H3. The summed E-state index contributed by atoms with van der Waals surface area (Å²) < 4.78 is 31.4. The number of benzene rings is 1. The van der Waals surface area contributed by atoms with Crippen molar-refractivity contribution in [3.05, 3.63) is 58.4 Å². The third kappa shape index (κ3) is 3.66. The largest absolute Gasteiger partial charge is 0.495 e. The van der Waals surface area contributed by atoms with E-state index in [-0.39, 0.29) is 10.6 Å². The quantitative estimate of drug-likeness (QED) is 0.619. The van der Waals surface area contributed by atoms with Crippen LogP contribution in [0.3, 0.4) is 0 Å². The number of thiazole rings is 1. The summed E-state index contributed by atoms with van der Waals surface area (Å²) in [5.41, 5.74) is 3.19. The number of sulfone groups is 1. The summed E-state index contributed by atoms with van der Waals surface area (Å²) in [4.78, 5) is 9.29. The molecule has 0 spiro atoms. The molecule has 2 aromatic heterocycles. The monoisotopic (exact) mass is 424 g/mol. The number of hydrogen-bond acceptors (Lipinski definition) is 6. The Bertz CT molecular complexity index is 957. The molecule has 0 saturated heterocycles. The van der Waals surface area contributed by atoms with Crippen LogP contribution in [0.5, 0.6) is 5.75 Å². The van der Waals surface area contributed by atoms with Crippen molar-refractivity contribution < 1.29 is 13.2 Å². The van der Waals surface area contributed by atoms with Gasteiger partial charge in [-0.3, -0.25) is 9.97 Å². The Morgan fingerprint density at radius 3 is 2.71 bits per heavy atom. The molecule has 5 nitrogen and oxygen atoms in total. The summed E-state index contributed by atoms with van der Waals surface area (Å²) in [5.74, 6) is 0.171. The summed E-state index contributed by atoms with van der Waals surface area (Å²) in [5, 5.41) is 0. The van der Waals surface area contributed by atoms with Crippen LogP contribution in [0.2, 0.25) is 0 Å². The number of hydrogen-bond donors (Lipinski definition) is 0. The van der Waals surface area contributed by atoms with Gasteiger partial charge >= 0.3 is 0 Å². The number of rotatable bonds is 5. The fourth-order valence-corrected chi connectivity index (χ4v) is 4.88. The molecule has 0 aliphatic heterocycles. The van der Waals surface area contributed by atoms with Crippen LogP contribution in [-0.2, 0) is 15.6 Å². The zero-order chi connectivity index (χ0) is 17.2. The number of nitrogens with zero attached hydrogens (tertiary/aromatic N) is 2. The third-order valence-corrected chi connectivity index (χ3v) is 6.35. The molecule has 3 rings (SSSR count). The first-order valence-corrected chi connectivity index (χ1v) is 10.2. The van der Waals surface area contributed by atoms with E-state index in [1.807, 2.05) is 6.07 Å². The number of ether oxygens (including phenoxy) is 1. The lowest BCUT2D eigenvalue weighted by Crippen LogP contribution is -2.07. The molecular weight excluding hydrogens is 412 g/mol. The van der Waals surface area contributed by atoms with Crippen molar-refractivity contribution in [3.63, 3.8) is 0 Å². The fraction of sp³-hybridized carbons (Fsp3) is 0.125. The predicted molar refractivity (Wildman–Crippen MR) is 96.9 cm³/mol. The normalized spacial score (nSPS) is 11.4. The van der Waals surface area contributed by atoms with Crippen molar-refractivity contribution in [2.45, 2.75) is 10.6 Å². The molecule has 0 atom stereocenters. The SMILES string of the molecule is COc1ccc(Br)cc1S(=O)(=O)Cc1cncc(-c2cncs2)c1. The van der Waals surface area contributed by atoms with Gasteiger partial charge < -0.3 is 4.74 Å². The first kappa shape index (κ1) is 17.1. The smallest absolute Gasteiger partial charge is 0.186 e. The molecule has 2 heterocycles.